The largest absolute Gasteiger partial charge is 0.476 e. The number of ether oxygens (including phenoxy) is 1. The van der Waals surface area contributed by atoms with Crippen LogP contribution < -0.4 is 25.6 Å². The summed E-state index contributed by atoms with van der Waals surface area (Å²) in [6, 6.07) is 10.8. The van der Waals surface area contributed by atoms with Gasteiger partial charge in [-0.3, -0.25) is 19.2 Å². The molecule has 77 heavy (non-hydrogen) atoms. The van der Waals surface area contributed by atoms with E-state index in [0.29, 0.717) is 58.8 Å². The monoisotopic (exact) mass is 1090 g/mol. The number of carbonyl (C=O) groups is 4. The molecule has 0 spiro atoms. The lowest BCUT2D eigenvalue weighted by atomic mass is 9.89. The number of benzene rings is 2. The van der Waals surface area contributed by atoms with E-state index in [1.165, 1.54) is 22.4 Å². The summed E-state index contributed by atoms with van der Waals surface area (Å²) >= 11 is 1.54. The number of hydrogen-bond donors (Lipinski definition) is 4. The highest BCUT2D eigenvalue weighted by Crippen LogP contribution is 2.42. The predicted octanol–water partition coefficient (Wildman–Crippen LogP) is 6.43. The number of aliphatic imine (C=N–C) groups is 1. The summed E-state index contributed by atoms with van der Waals surface area (Å²) in [6.45, 7) is 7.88. The van der Waals surface area contributed by atoms with Gasteiger partial charge in [0.15, 0.2) is 32.8 Å². The van der Waals surface area contributed by atoms with Gasteiger partial charge in [0.1, 0.15) is 23.3 Å². The van der Waals surface area contributed by atoms with Crippen molar-refractivity contribution in [3.05, 3.63) is 129 Å². The number of amides is 4. The molecule has 4 aromatic heterocycles. The van der Waals surface area contributed by atoms with Crippen LogP contribution in [0.25, 0.3) is 26.8 Å². The smallest absolute Gasteiger partial charge is 0.272 e. The van der Waals surface area contributed by atoms with Crippen LogP contribution in [0.2, 0.25) is 0 Å². The van der Waals surface area contributed by atoms with Gasteiger partial charge in [0.2, 0.25) is 5.91 Å². The minimum absolute atomic E-state index is 0.0258. The highest BCUT2D eigenvalue weighted by molar-refractivity contribution is 7.89. The van der Waals surface area contributed by atoms with Crippen molar-refractivity contribution in [2.75, 3.05) is 37.4 Å². The summed E-state index contributed by atoms with van der Waals surface area (Å²) in [5.74, 6) is -4.55. The van der Waals surface area contributed by atoms with Crippen molar-refractivity contribution < 1.29 is 50.7 Å². The topological polar surface area (TPSA) is 244 Å². The second-order valence-electron chi connectivity index (χ2n) is 20.4. The number of aliphatic hydroxyl groups is 1. The number of anilines is 1. The lowest BCUT2D eigenvalue weighted by molar-refractivity contribution is -0.134. The highest BCUT2D eigenvalue weighted by atomic mass is 32.2. The van der Waals surface area contributed by atoms with Crippen molar-refractivity contribution >= 4 is 72.8 Å². The zero-order valence-electron chi connectivity index (χ0n) is 43.0. The molecule has 1 fully saturated rings. The number of carbonyl (C=O) groups excluding carboxylic acids is 4. The lowest BCUT2D eigenvalue weighted by Gasteiger charge is -2.29. The second-order valence-corrected chi connectivity index (χ2v) is 23.3. The summed E-state index contributed by atoms with van der Waals surface area (Å²) in [7, 11) is -2.04. The summed E-state index contributed by atoms with van der Waals surface area (Å²) in [4.78, 5) is 73.5. The number of aromatic nitrogens is 4. The van der Waals surface area contributed by atoms with Crippen molar-refractivity contribution in [3.8, 4) is 16.3 Å². The van der Waals surface area contributed by atoms with Crippen molar-refractivity contribution in [2.45, 2.75) is 82.7 Å². The summed E-state index contributed by atoms with van der Waals surface area (Å²) < 4.78 is 68.1. The molecule has 0 aliphatic carbocycles. The van der Waals surface area contributed by atoms with Gasteiger partial charge in [-0.2, -0.15) is 0 Å². The van der Waals surface area contributed by atoms with Crippen molar-refractivity contribution in [2.24, 2.45) is 18.0 Å². The fourth-order valence-electron chi connectivity index (χ4n) is 10.6. The zero-order valence-corrected chi connectivity index (χ0v) is 44.7. The van der Waals surface area contributed by atoms with Gasteiger partial charge in [0, 0.05) is 91.5 Å². The van der Waals surface area contributed by atoms with Crippen LogP contribution in [0.15, 0.2) is 87.9 Å². The van der Waals surface area contributed by atoms with Gasteiger partial charge in [-0.1, -0.05) is 38.1 Å². The molecular weight excluding hydrogens is 1030 g/mol. The first kappa shape index (κ1) is 52.8. The van der Waals surface area contributed by atoms with Gasteiger partial charge >= 0.3 is 0 Å². The van der Waals surface area contributed by atoms with E-state index in [2.05, 4.69) is 31.1 Å². The quantitative estimate of drug-likeness (QED) is 0.0721. The molecule has 4 aliphatic heterocycles. The SMILES string of the molecule is Cc1ncsc1-c1ccc([C@]2(C)N=C([C@@H]3C[C@@H](O)CN3C(=O)C(c3cc(OCCCCCNC(=O)c4c(CS(C)(=O)=O)cc5cn(C)c6c5c4C4=CN(c5ncc(F)cc5F)CC=C4NC6=O)no3)C(C)C)NC2=O)cc1. The minimum Gasteiger partial charge on any atom is -0.476 e. The number of hydrogen-bond acceptors (Lipinski definition) is 15. The molecule has 0 radical (unpaired) electrons. The number of aryl methyl sites for hydroxylation is 2. The van der Waals surface area contributed by atoms with E-state index in [1.807, 2.05) is 45.0 Å². The van der Waals surface area contributed by atoms with E-state index in [9.17, 15) is 37.1 Å². The Morgan fingerprint density at radius 1 is 1.08 bits per heavy atom. The first-order chi connectivity index (χ1) is 36.7. The molecule has 4 N–H and O–H groups in total. The normalized spacial score (nSPS) is 19.6. The number of rotatable bonds is 17. The summed E-state index contributed by atoms with van der Waals surface area (Å²) in [5.41, 5.74) is 4.45. The minimum atomic E-state index is -3.71. The number of likely N-dealkylation sites (tertiary alicyclic amines) is 1. The average Bonchev–Trinajstić information content (AvgIpc) is 4.28. The predicted molar refractivity (Wildman–Crippen MR) is 284 cm³/mol. The maximum absolute atomic E-state index is 15.1. The van der Waals surface area contributed by atoms with E-state index >= 15 is 4.39 Å². The van der Waals surface area contributed by atoms with Crippen LogP contribution in [0.3, 0.4) is 0 Å². The van der Waals surface area contributed by atoms with Crippen molar-refractivity contribution in [3.63, 3.8) is 0 Å². The molecule has 8 heterocycles. The summed E-state index contributed by atoms with van der Waals surface area (Å²) in [5, 5.41) is 24.7. The Morgan fingerprint density at radius 3 is 2.57 bits per heavy atom. The Bertz CT molecular complexity index is 3590. The van der Waals surface area contributed by atoms with E-state index in [1.54, 1.807) is 53.4 Å². The number of fused-ring (bicyclic) bond motifs is 2. The molecule has 6 aromatic rings. The van der Waals surface area contributed by atoms with Crippen LogP contribution in [0.4, 0.5) is 14.6 Å². The van der Waals surface area contributed by atoms with Gasteiger partial charge in [-0.15, -0.1) is 11.3 Å². The highest BCUT2D eigenvalue weighted by Gasteiger charge is 2.48. The first-order valence-corrected chi connectivity index (χ1v) is 28.1. The molecule has 1 unspecified atom stereocenters. The summed E-state index contributed by atoms with van der Waals surface area (Å²) in [6.07, 6.45) is 7.68. The molecule has 0 bridgehead atoms. The number of amidine groups is 1. The molecule has 23 heteroatoms. The fraction of sp³-hybridized carbons (Fsp3) is 0.370. The molecule has 4 amide bonds. The number of thiazole rings is 1. The number of unbranched alkanes of at least 4 members (excludes halogenated alkanes) is 2. The average molecular weight is 1090 g/mol. The maximum Gasteiger partial charge on any atom is 0.272 e. The van der Waals surface area contributed by atoms with Crippen LogP contribution in [0.1, 0.15) is 101 Å². The third kappa shape index (κ3) is 10.3. The molecule has 4 atom stereocenters. The molecule has 402 valence electrons. The maximum atomic E-state index is 15.1. The van der Waals surface area contributed by atoms with E-state index in [4.69, 9.17) is 14.3 Å². The Morgan fingerprint density at radius 2 is 1.86 bits per heavy atom. The van der Waals surface area contributed by atoms with Crippen LogP contribution in [-0.4, -0.2) is 112 Å². The van der Waals surface area contributed by atoms with Crippen molar-refractivity contribution in [1.29, 1.82) is 0 Å². The number of halogens is 2. The molecular formula is C54H56F2N10O9S2. The lowest BCUT2D eigenvalue weighted by Crippen LogP contribution is -2.48. The third-order valence-electron chi connectivity index (χ3n) is 14.3. The zero-order chi connectivity index (χ0) is 54.7. The van der Waals surface area contributed by atoms with Gasteiger partial charge in [0.05, 0.1) is 52.3 Å². The third-order valence-corrected chi connectivity index (χ3v) is 16.1. The molecule has 1 saturated heterocycles. The Balaban J connectivity index is 0.793. The number of β-amino-alcohol motifs (C(OH)–C–C–N with tert-alkyl or cyclic N) is 1. The molecule has 10 rings (SSSR count). The van der Waals surface area contributed by atoms with Crippen LogP contribution in [0.5, 0.6) is 5.88 Å². The van der Waals surface area contributed by atoms with Crippen LogP contribution >= 0.6 is 11.3 Å². The van der Waals surface area contributed by atoms with E-state index in [0.717, 1.165) is 28.6 Å². The molecule has 4 aliphatic rings. The van der Waals surface area contributed by atoms with Gasteiger partial charge < -0.3 is 44.7 Å². The Labute approximate surface area is 446 Å². The number of nitrogens with zero attached hydrogens (tertiary/aromatic N) is 7. The van der Waals surface area contributed by atoms with Gasteiger partial charge in [0.25, 0.3) is 23.6 Å². The molecule has 0 saturated carbocycles. The molecule has 19 nitrogen and oxygen atoms in total. The first-order valence-electron chi connectivity index (χ1n) is 25.1. The number of sulfone groups is 1. The van der Waals surface area contributed by atoms with E-state index in [-0.39, 0.29) is 90.2 Å². The van der Waals surface area contributed by atoms with Crippen LogP contribution in [-0.2, 0) is 37.8 Å². The Kier molecular flexibility index (Phi) is 14.2. The Hall–Kier alpha value is -7.63. The van der Waals surface area contributed by atoms with E-state index < -0.39 is 62.6 Å². The van der Waals surface area contributed by atoms with Crippen LogP contribution in [0, 0.1) is 24.5 Å². The number of pyridine rings is 1. The second kappa shape index (κ2) is 20.7. The van der Waals surface area contributed by atoms with Gasteiger partial charge in [-0.05, 0) is 73.0 Å². The standard InChI is InChI=1S/C54H56F2N10O9S2/c1-28(2)42(52(70)66-24-35(67)20-39(66)48-61-53(71)54(4,62-48)33-12-10-30(11-13-33)47-29(3)59-27-76-47)40-21-41(63-75-40)74-17-9-7-8-15-57-50(68)44-32(26-77(6,72)73)18-31-23-64(5)46-43(31)45(44)36-25-65(16-14-38(36)60-51(46)69)49-37(56)19-34(55)22-58-49/h10-14,18-19,21-23,25,27-28,35,39,42,67H,7-9,15-17,20,24,26H2,1-6H3,(H,57,68)(H,60,69)(H,61,62,71)/t35-,39+,42?,54+/m1/s1. The van der Waals surface area contributed by atoms with Crippen molar-refractivity contribution in [1.82, 2.24) is 40.5 Å². The van der Waals surface area contributed by atoms with Gasteiger partial charge in [-0.25, -0.2) is 32.2 Å². The fourth-order valence-corrected chi connectivity index (χ4v) is 12.2. The molecule has 2 aromatic carbocycles. The number of nitrogens with one attached hydrogen (secondary N) is 3. The number of aliphatic hydroxyl groups excluding tert-OH is 1. The number of allylic oxidation sites excluding steroid dienone is 1.